The van der Waals surface area contributed by atoms with Crippen molar-refractivity contribution in [1.82, 2.24) is 20.2 Å². The minimum atomic E-state index is -0.248. The van der Waals surface area contributed by atoms with Gasteiger partial charge >= 0.3 is 0 Å². The first kappa shape index (κ1) is 26.5. The van der Waals surface area contributed by atoms with Gasteiger partial charge in [-0.05, 0) is 57.6 Å². The van der Waals surface area contributed by atoms with Crippen LogP contribution in [0.4, 0.5) is 28.8 Å². The fourth-order valence-electron chi connectivity index (χ4n) is 5.62. The van der Waals surface area contributed by atoms with Crippen LogP contribution in [0.25, 0.3) is 0 Å². The number of aliphatic hydroxyl groups is 1. The molecule has 11 nitrogen and oxygen atoms in total. The van der Waals surface area contributed by atoms with E-state index in [0.29, 0.717) is 18.1 Å². The highest BCUT2D eigenvalue weighted by atomic mass is 16.5. The van der Waals surface area contributed by atoms with Gasteiger partial charge < -0.3 is 40.1 Å². The van der Waals surface area contributed by atoms with Crippen molar-refractivity contribution in [3.05, 3.63) is 24.4 Å². The Morgan fingerprint density at radius 2 is 1.92 bits per heavy atom. The standard InChI is InChI=1S/C27H40N8O3/c1-4-22-26(37)33(3)23-18-29-27(31-25(23)35(22)19-7-9-28-10-8-19)30-21-17-20(5-6-24(21)38-16-15-36)34-13-11-32(2)12-14-34/h5-6,17-19,22,28,36H,4,7-16H2,1-3H3,(H,29,30,31). The van der Waals surface area contributed by atoms with Crippen LogP contribution in [0.3, 0.4) is 0 Å². The van der Waals surface area contributed by atoms with Gasteiger partial charge in [-0.1, -0.05) is 6.92 Å². The number of piperidine rings is 1. The summed E-state index contributed by atoms with van der Waals surface area (Å²) in [6.07, 6.45) is 4.38. The molecule has 2 saturated heterocycles. The summed E-state index contributed by atoms with van der Waals surface area (Å²) in [5.74, 6) is 1.95. The predicted octanol–water partition coefficient (Wildman–Crippen LogP) is 1.66. The molecule has 4 heterocycles. The number of likely N-dealkylation sites (N-methyl/N-ethyl adjacent to an activating group) is 2. The van der Waals surface area contributed by atoms with E-state index in [0.717, 1.165) is 75.0 Å². The van der Waals surface area contributed by atoms with Crippen LogP contribution in [0.15, 0.2) is 24.4 Å². The highest BCUT2D eigenvalue weighted by Gasteiger charge is 2.40. The molecule has 38 heavy (non-hydrogen) atoms. The number of amides is 1. The van der Waals surface area contributed by atoms with Gasteiger partial charge in [-0.15, -0.1) is 0 Å². The van der Waals surface area contributed by atoms with Crippen LogP contribution in [0, 0.1) is 0 Å². The van der Waals surface area contributed by atoms with Gasteiger partial charge in [-0.25, -0.2) is 4.98 Å². The molecule has 206 valence electrons. The Morgan fingerprint density at radius 3 is 2.63 bits per heavy atom. The van der Waals surface area contributed by atoms with E-state index in [1.165, 1.54) is 0 Å². The number of carbonyl (C=O) groups is 1. The third-order valence-corrected chi connectivity index (χ3v) is 7.82. The van der Waals surface area contributed by atoms with Gasteiger partial charge in [0.1, 0.15) is 24.1 Å². The van der Waals surface area contributed by atoms with Crippen molar-refractivity contribution >= 4 is 34.7 Å². The number of nitrogens with zero attached hydrogens (tertiary/aromatic N) is 6. The number of benzene rings is 1. The fraction of sp³-hybridized carbons (Fsp3) is 0.593. The van der Waals surface area contributed by atoms with Gasteiger partial charge in [0.2, 0.25) is 11.9 Å². The summed E-state index contributed by atoms with van der Waals surface area (Å²) in [5, 5.41) is 16.2. The van der Waals surface area contributed by atoms with Crippen molar-refractivity contribution in [2.45, 2.75) is 38.3 Å². The first-order valence-electron chi connectivity index (χ1n) is 13.7. The normalized spacial score (nSPS) is 21.0. The molecule has 0 saturated carbocycles. The summed E-state index contributed by atoms with van der Waals surface area (Å²) >= 11 is 0. The summed E-state index contributed by atoms with van der Waals surface area (Å²) in [6, 6.07) is 6.05. The largest absolute Gasteiger partial charge is 0.489 e. The van der Waals surface area contributed by atoms with Gasteiger partial charge in [0, 0.05) is 45.0 Å². The molecule has 2 fully saturated rings. The second kappa shape index (κ2) is 11.7. The molecule has 1 aromatic carbocycles. The Hall–Kier alpha value is -3.15. The number of hydrogen-bond acceptors (Lipinski definition) is 10. The van der Waals surface area contributed by atoms with Crippen LogP contribution in [0.1, 0.15) is 26.2 Å². The topological polar surface area (TPSA) is 109 Å². The molecule has 3 aliphatic rings. The zero-order valence-corrected chi connectivity index (χ0v) is 22.7. The van der Waals surface area contributed by atoms with E-state index in [9.17, 15) is 9.90 Å². The molecule has 5 rings (SSSR count). The van der Waals surface area contributed by atoms with E-state index in [-0.39, 0.29) is 31.2 Å². The number of aromatic nitrogens is 2. The van der Waals surface area contributed by atoms with E-state index in [1.54, 1.807) is 18.1 Å². The lowest BCUT2D eigenvalue weighted by Gasteiger charge is -2.45. The number of carbonyl (C=O) groups excluding carboxylic acids is 1. The number of piperazine rings is 1. The Balaban J connectivity index is 1.48. The van der Waals surface area contributed by atoms with Gasteiger partial charge in [0.25, 0.3) is 0 Å². The maximum atomic E-state index is 13.3. The lowest BCUT2D eigenvalue weighted by Crippen LogP contribution is -2.58. The summed E-state index contributed by atoms with van der Waals surface area (Å²) in [5.41, 5.74) is 2.57. The molecule has 3 N–H and O–H groups in total. The summed E-state index contributed by atoms with van der Waals surface area (Å²) in [4.78, 5) is 31.4. The van der Waals surface area contributed by atoms with Crippen LogP contribution < -0.4 is 30.1 Å². The molecule has 0 spiro atoms. The molecule has 2 aromatic rings. The van der Waals surface area contributed by atoms with E-state index in [1.807, 2.05) is 6.07 Å². The van der Waals surface area contributed by atoms with Gasteiger partial charge in [-0.3, -0.25) is 4.79 Å². The van der Waals surface area contributed by atoms with Crippen molar-refractivity contribution in [1.29, 1.82) is 0 Å². The minimum absolute atomic E-state index is 0.0705. The van der Waals surface area contributed by atoms with Gasteiger partial charge in [0.05, 0.1) is 18.5 Å². The third kappa shape index (κ3) is 5.36. The van der Waals surface area contributed by atoms with Crippen LogP contribution in [0.2, 0.25) is 0 Å². The van der Waals surface area contributed by atoms with Crippen molar-refractivity contribution in [3.63, 3.8) is 0 Å². The highest BCUT2D eigenvalue weighted by molar-refractivity contribution is 6.04. The fourth-order valence-corrected chi connectivity index (χ4v) is 5.62. The van der Waals surface area contributed by atoms with E-state index in [2.05, 4.69) is 56.4 Å². The van der Waals surface area contributed by atoms with Crippen molar-refractivity contribution < 1.29 is 14.6 Å². The Labute approximate surface area is 224 Å². The Bertz CT molecular complexity index is 1120. The molecule has 0 radical (unpaired) electrons. The number of rotatable bonds is 8. The molecule has 1 unspecified atom stereocenters. The molecular formula is C27H40N8O3. The van der Waals surface area contributed by atoms with Gasteiger partial charge in [-0.2, -0.15) is 4.98 Å². The quantitative estimate of drug-likeness (QED) is 0.472. The molecule has 1 atom stereocenters. The number of aliphatic hydroxyl groups excluding tert-OH is 1. The maximum Gasteiger partial charge on any atom is 0.249 e. The highest BCUT2D eigenvalue weighted by Crippen LogP contribution is 2.39. The number of anilines is 5. The molecule has 3 aliphatic heterocycles. The zero-order valence-electron chi connectivity index (χ0n) is 22.7. The molecular weight excluding hydrogens is 484 g/mol. The van der Waals surface area contributed by atoms with Crippen molar-refractivity contribution in [3.8, 4) is 5.75 Å². The van der Waals surface area contributed by atoms with Crippen molar-refractivity contribution in [2.75, 3.05) is 86.6 Å². The molecule has 1 amide bonds. The summed E-state index contributed by atoms with van der Waals surface area (Å²) in [6.45, 7) is 7.97. The van der Waals surface area contributed by atoms with E-state index >= 15 is 0 Å². The van der Waals surface area contributed by atoms with E-state index < -0.39 is 0 Å². The summed E-state index contributed by atoms with van der Waals surface area (Å²) in [7, 11) is 3.95. The second-order valence-corrected chi connectivity index (χ2v) is 10.3. The Morgan fingerprint density at radius 1 is 1.16 bits per heavy atom. The summed E-state index contributed by atoms with van der Waals surface area (Å²) < 4.78 is 5.85. The molecule has 1 aromatic heterocycles. The van der Waals surface area contributed by atoms with Gasteiger partial charge in [0.15, 0.2) is 5.82 Å². The van der Waals surface area contributed by atoms with Crippen LogP contribution >= 0.6 is 0 Å². The maximum absolute atomic E-state index is 13.3. The number of nitrogens with one attached hydrogen (secondary N) is 2. The number of fused-ring (bicyclic) bond motifs is 1. The zero-order chi connectivity index (χ0) is 26.6. The molecule has 11 heteroatoms. The smallest absolute Gasteiger partial charge is 0.249 e. The van der Waals surface area contributed by atoms with Crippen LogP contribution in [-0.4, -0.2) is 105 Å². The monoisotopic (exact) mass is 524 g/mol. The molecule has 0 bridgehead atoms. The average molecular weight is 525 g/mol. The molecule has 0 aliphatic carbocycles. The lowest BCUT2D eigenvalue weighted by molar-refractivity contribution is -0.120. The first-order valence-corrected chi connectivity index (χ1v) is 13.7. The number of ether oxygens (including phenoxy) is 1. The van der Waals surface area contributed by atoms with Crippen LogP contribution in [0.5, 0.6) is 5.75 Å². The third-order valence-electron chi connectivity index (χ3n) is 7.82. The second-order valence-electron chi connectivity index (χ2n) is 10.3. The number of hydrogen-bond donors (Lipinski definition) is 3. The van der Waals surface area contributed by atoms with Crippen molar-refractivity contribution in [2.24, 2.45) is 0 Å². The average Bonchev–Trinajstić information content (AvgIpc) is 2.95. The minimum Gasteiger partial charge on any atom is -0.489 e. The first-order chi connectivity index (χ1) is 18.5. The lowest BCUT2D eigenvalue weighted by atomic mass is 9.98. The Kier molecular flexibility index (Phi) is 8.15. The predicted molar refractivity (Wildman–Crippen MR) is 150 cm³/mol. The van der Waals surface area contributed by atoms with E-state index in [4.69, 9.17) is 9.72 Å². The van der Waals surface area contributed by atoms with Crippen LogP contribution in [-0.2, 0) is 4.79 Å². The SMILES string of the molecule is CCC1C(=O)N(C)c2cnc(Nc3cc(N4CCN(C)CC4)ccc3OCCO)nc2N1C1CCNCC1.